The number of nitrogens with one attached hydrogen (secondary N) is 1. The average Bonchev–Trinajstić information content (AvgIpc) is 2.23. The maximum absolute atomic E-state index is 10.9. The van der Waals surface area contributed by atoms with Crippen LogP contribution in [0.25, 0.3) is 0 Å². The van der Waals surface area contributed by atoms with Crippen molar-refractivity contribution in [2.75, 3.05) is 23.9 Å². The first kappa shape index (κ1) is 13.6. The summed E-state index contributed by atoms with van der Waals surface area (Å²) in [7, 11) is -0.811. The number of aryl methyl sites for hydroxylation is 1. The summed E-state index contributed by atoms with van der Waals surface area (Å²) in [6.45, 7) is 2.40. The van der Waals surface area contributed by atoms with Gasteiger partial charge in [0.15, 0.2) is 0 Å². The summed E-state index contributed by atoms with van der Waals surface area (Å²) >= 11 is 0. The van der Waals surface area contributed by atoms with E-state index < -0.39 is 16.8 Å². The van der Waals surface area contributed by atoms with Crippen LogP contribution in [-0.2, 0) is 10.8 Å². The summed E-state index contributed by atoms with van der Waals surface area (Å²) in [5.74, 6) is -0.390. The number of carbonyl (C=O) groups is 1. The van der Waals surface area contributed by atoms with E-state index in [0.717, 1.165) is 12.1 Å². The number of nitrogens with zero attached hydrogens (tertiary/aromatic N) is 1. The Hall–Kier alpha value is -1.43. The second kappa shape index (κ2) is 6.34. The van der Waals surface area contributed by atoms with Crippen LogP contribution >= 0.6 is 0 Å². The van der Waals surface area contributed by atoms with Crippen LogP contribution in [0, 0.1) is 6.92 Å². The van der Waals surface area contributed by atoms with E-state index in [1.54, 1.807) is 19.2 Å². The number of hydrogen-bond acceptors (Lipinski definition) is 4. The molecule has 0 saturated carbocycles. The molecule has 0 radical (unpaired) electrons. The van der Waals surface area contributed by atoms with E-state index in [1.165, 1.54) is 6.20 Å². The molecule has 1 aromatic rings. The minimum atomic E-state index is -1.00. The molecular weight excluding hydrogens is 240 g/mol. The van der Waals surface area contributed by atoms with Crippen LogP contribution in [0.1, 0.15) is 22.5 Å². The summed E-state index contributed by atoms with van der Waals surface area (Å²) in [4.78, 5) is 14.9. The third-order valence-electron chi connectivity index (χ3n) is 2.20. The summed E-state index contributed by atoms with van der Waals surface area (Å²) < 4.78 is 10.9. The van der Waals surface area contributed by atoms with E-state index in [0.29, 0.717) is 18.0 Å². The molecule has 0 amide bonds. The quantitative estimate of drug-likeness (QED) is 0.749. The fourth-order valence-electron chi connectivity index (χ4n) is 1.37. The molecule has 0 aromatic carbocycles. The topological polar surface area (TPSA) is 79.3 Å². The molecule has 0 saturated heterocycles. The Balaban J connectivity index is 2.65. The Morgan fingerprint density at radius 3 is 2.88 bits per heavy atom. The molecule has 1 atom stereocenters. The van der Waals surface area contributed by atoms with Crippen LogP contribution in [0.15, 0.2) is 12.3 Å². The van der Waals surface area contributed by atoms with Gasteiger partial charge < -0.3 is 10.4 Å². The highest BCUT2D eigenvalue weighted by atomic mass is 32.2. The third kappa shape index (κ3) is 4.52. The molecule has 0 aliphatic rings. The lowest BCUT2D eigenvalue weighted by molar-refractivity contribution is 0.0697. The monoisotopic (exact) mass is 256 g/mol. The molecule has 1 aromatic heterocycles. The summed E-state index contributed by atoms with van der Waals surface area (Å²) in [6.07, 6.45) is 3.74. The van der Waals surface area contributed by atoms with Crippen molar-refractivity contribution in [2.24, 2.45) is 0 Å². The van der Waals surface area contributed by atoms with Crippen molar-refractivity contribution in [3.05, 3.63) is 23.5 Å². The number of aromatic nitrogens is 1. The minimum absolute atomic E-state index is 0.160. The summed E-state index contributed by atoms with van der Waals surface area (Å²) in [6, 6.07) is 1.70. The first-order chi connectivity index (χ1) is 8.00. The van der Waals surface area contributed by atoms with E-state index in [4.69, 9.17) is 5.11 Å². The minimum Gasteiger partial charge on any atom is -0.478 e. The lowest BCUT2D eigenvalue weighted by Crippen LogP contribution is -2.10. The van der Waals surface area contributed by atoms with Crippen molar-refractivity contribution in [1.29, 1.82) is 0 Å². The molecule has 0 fully saturated rings. The molecule has 0 aliphatic carbocycles. The van der Waals surface area contributed by atoms with E-state index in [2.05, 4.69) is 10.3 Å². The molecule has 0 aliphatic heterocycles. The molecule has 0 spiro atoms. The molecule has 0 bridgehead atoms. The molecule has 5 nitrogen and oxygen atoms in total. The Labute approximate surface area is 103 Å². The van der Waals surface area contributed by atoms with Gasteiger partial charge in [0.1, 0.15) is 5.56 Å². The van der Waals surface area contributed by atoms with Gasteiger partial charge in [-0.25, -0.2) is 4.79 Å². The fraction of sp³-hybridized carbons (Fsp3) is 0.455. The number of aromatic carboxylic acids is 1. The van der Waals surface area contributed by atoms with Crippen molar-refractivity contribution in [1.82, 2.24) is 4.98 Å². The normalized spacial score (nSPS) is 12.1. The number of carboxylic acid groups (broad SMARTS) is 1. The van der Waals surface area contributed by atoms with Crippen molar-refractivity contribution in [3.63, 3.8) is 0 Å². The predicted octanol–water partition coefficient (Wildman–Crippen LogP) is 1.27. The van der Waals surface area contributed by atoms with Crippen LogP contribution in [0.2, 0.25) is 0 Å². The van der Waals surface area contributed by atoms with Gasteiger partial charge in [-0.3, -0.25) is 9.19 Å². The van der Waals surface area contributed by atoms with E-state index in [9.17, 15) is 9.00 Å². The lowest BCUT2D eigenvalue weighted by atomic mass is 10.2. The van der Waals surface area contributed by atoms with Crippen molar-refractivity contribution in [2.45, 2.75) is 13.3 Å². The Bertz CT molecular complexity index is 435. The maximum atomic E-state index is 10.9. The Kier molecular flexibility index (Phi) is 5.09. The van der Waals surface area contributed by atoms with Crippen molar-refractivity contribution in [3.8, 4) is 0 Å². The van der Waals surface area contributed by atoms with Gasteiger partial charge in [-0.05, 0) is 19.4 Å². The van der Waals surface area contributed by atoms with Gasteiger partial charge in [-0.15, -0.1) is 0 Å². The van der Waals surface area contributed by atoms with Gasteiger partial charge in [0.2, 0.25) is 0 Å². The Morgan fingerprint density at radius 1 is 1.59 bits per heavy atom. The van der Waals surface area contributed by atoms with Crippen LogP contribution in [0.3, 0.4) is 0 Å². The molecule has 1 heterocycles. The van der Waals surface area contributed by atoms with Crippen LogP contribution in [-0.4, -0.2) is 38.8 Å². The second-order valence-corrected chi connectivity index (χ2v) is 5.29. The third-order valence-corrected chi connectivity index (χ3v) is 3.06. The average molecular weight is 256 g/mol. The molecule has 2 N–H and O–H groups in total. The number of pyridine rings is 1. The van der Waals surface area contributed by atoms with Gasteiger partial charge in [0.25, 0.3) is 0 Å². The van der Waals surface area contributed by atoms with Crippen molar-refractivity contribution >= 4 is 22.5 Å². The van der Waals surface area contributed by atoms with Gasteiger partial charge in [0, 0.05) is 41.2 Å². The molecule has 1 unspecified atom stereocenters. The predicted molar refractivity (Wildman–Crippen MR) is 68.0 cm³/mol. The molecular formula is C11H16N2O3S. The number of anilines is 1. The number of carboxylic acids is 1. The number of rotatable bonds is 6. The first-order valence-corrected chi connectivity index (χ1v) is 6.97. The smallest absolute Gasteiger partial charge is 0.339 e. The summed E-state index contributed by atoms with van der Waals surface area (Å²) in [5, 5.41) is 12.0. The number of hydrogen-bond donors (Lipinski definition) is 2. The van der Waals surface area contributed by atoms with Crippen LogP contribution < -0.4 is 5.32 Å². The van der Waals surface area contributed by atoms with Gasteiger partial charge in [0.05, 0.1) is 5.69 Å². The van der Waals surface area contributed by atoms with Crippen LogP contribution in [0.4, 0.5) is 5.69 Å². The first-order valence-electron chi connectivity index (χ1n) is 5.24. The Morgan fingerprint density at radius 2 is 2.29 bits per heavy atom. The highest BCUT2D eigenvalue weighted by Gasteiger charge is 2.10. The molecule has 1 rings (SSSR count). The van der Waals surface area contributed by atoms with Crippen molar-refractivity contribution < 1.29 is 14.1 Å². The van der Waals surface area contributed by atoms with Gasteiger partial charge >= 0.3 is 5.97 Å². The molecule has 94 valence electrons. The summed E-state index contributed by atoms with van der Waals surface area (Å²) in [5.41, 5.74) is 1.48. The SMILES string of the molecule is Cc1cc(NCCCS(C)=O)c(C(=O)O)cn1. The van der Waals surface area contributed by atoms with Crippen LogP contribution in [0.5, 0.6) is 0 Å². The van der Waals surface area contributed by atoms with E-state index in [1.807, 2.05) is 0 Å². The fourth-order valence-corrected chi connectivity index (χ4v) is 1.93. The standard InChI is InChI=1S/C11H16N2O3S/c1-8-6-10(9(7-13-8)11(14)15)12-4-3-5-17(2)16/h6-7H,3-5H2,1-2H3,(H,12,13)(H,14,15). The maximum Gasteiger partial charge on any atom is 0.339 e. The van der Waals surface area contributed by atoms with Gasteiger partial charge in [-0.2, -0.15) is 0 Å². The lowest BCUT2D eigenvalue weighted by Gasteiger charge is -2.09. The highest BCUT2D eigenvalue weighted by Crippen LogP contribution is 2.15. The largest absolute Gasteiger partial charge is 0.478 e. The molecule has 6 heteroatoms. The molecule has 17 heavy (non-hydrogen) atoms. The van der Waals surface area contributed by atoms with E-state index >= 15 is 0 Å². The van der Waals surface area contributed by atoms with Gasteiger partial charge in [-0.1, -0.05) is 0 Å². The zero-order valence-corrected chi connectivity index (χ0v) is 10.7. The second-order valence-electron chi connectivity index (χ2n) is 3.73. The highest BCUT2D eigenvalue weighted by molar-refractivity contribution is 7.84. The zero-order chi connectivity index (χ0) is 12.8. The van der Waals surface area contributed by atoms with E-state index in [-0.39, 0.29) is 5.56 Å². The zero-order valence-electron chi connectivity index (χ0n) is 9.90.